The number of hydrogen-bond acceptors (Lipinski definition) is 3. The Bertz CT molecular complexity index is 1260. The van der Waals surface area contributed by atoms with Crippen LogP contribution >= 0.6 is 23.2 Å². The fourth-order valence-electron chi connectivity index (χ4n) is 3.30. The Balaban J connectivity index is 1.66. The minimum absolute atomic E-state index is 0.0146. The van der Waals surface area contributed by atoms with Crippen LogP contribution in [0.4, 0.5) is 15.8 Å². The summed E-state index contributed by atoms with van der Waals surface area (Å²) in [6.07, 6.45) is 0.596. The predicted octanol–water partition coefficient (Wildman–Crippen LogP) is 5.14. The number of sulfonamides is 1. The molecule has 1 aliphatic heterocycles. The number of rotatable bonds is 4. The number of amides is 1. The zero-order chi connectivity index (χ0) is 21.5. The highest BCUT2D eigenvalue weighted by Gasteiger charge is 2.32. The van der Waals surface area contributed by atoms with Crippen molar-refractivity contribution in [3.05, 3.63) is 87.7 Å². The summed E-state index contributed by atoms with van der Waals surface area (Å²) >= 11 is 11.9. The molecule has 1 aliphatic rings. The molecule has 9 heteroatoms. The summed E-state index contributed by atoms with van der Waals surface area (Å²) in [5.41, 5.74) is 1.90. The van der Waals surface area contributed by atoms with Gasteiger partial charge in [-0.05, 0) is 54.4 Å². The second kappa shape index (κ2) is 7.91. The van der Waals surface area contributed by atoms with E-state index < -0.39 is 21.7 Å². The third-order valence-corrected chi connectivity index (χ3v) is 7.37. The molecule has 0 atom stereocenters. The smallest absolute Gasteiger partial charge is 0.265 e. The SMILES string of the molecule is O=C(Nc1ccc(F)c(Cl)c1)c1ccc(Cl)c(S(=O)(=O)N2CCc3ccccc32)c1. The number of nitrogens with one attached hydrogen (secondary N) is 1. The standard InChI is InChI=1S/C21H15Cl2FN2O3S/c22-16-7-5-14(21(27)25-15-6-8-18(24)17(23)12-15)11-20(16)30(28,29)26-10-9-13-3-1-2-4-19(13)26/h1-8,11-12H,9-10H2,(H,25,27). The van der Waals surface area contributed by atoms with Crippen LogP contribution in [-0.2, 0) is 16.4 Å². The van der Waals surface area contributed by atoms with E-state index in [9.17, 15) is 17.6 Å². The maximum Gasteiger partial charge on any atom is 0.265 e. The summed E-state index contributed by atoms with van der Waals surface area (Å²) in [5, 5.41) is 2.44. The van der Waals surface area contributed by atoms with Gasteiger partial charge in [0.15, 0.2) is 0 Å². The van der Waals surface area contributed by atoms with Crippen LogP contribution in [0.5, 0.6) is 0 Å². The minimum Gasteiger partial charge on any atom is -0.322 e. The molecule has 4 rings (SSSR count). The quantitative estimate of drug-likeness (QED) is 0.581. The highest BCUT2D eigenvalue weighted by atomic mass is 35.5. The van der Waals surface area contributed by atoms with Gasteiger partial charge in [0.25, 0.3) is 15.9 Å². The molecule has 0 saturated heterocycles. The van der Waals surface area contributed by atoms with E-state index in [0.717, 1.165) is 11.6 Å². The maximum absolute atomic E-state index is 13.3. The average molecular weight is 465 g/mol. The van der Waals surface area contributed by atoms with Crippen LogP contribution in [0.25, 0.3) is 0 Å². The first-order chi connectivity index (χ1) is 14.3. The van der Waals surface area contributed by atoms with E-state index in [2.05, 4.69) is 5.32 Å². The topological polar surface area (TPSA) is 66.5 Å². The van der Waals surface area contributed by atoms with Crippen molar-refractivity contribution < 1.29 is 17.6 Å². The molecular formula is C21H15Cl2FN2O3S. The van der Waals surface area contributed by atoms with Gasteiger partial charge in [0.1, 0.15) is 10.7 Å². The number of fused-ring (bicyclic) bond motifs is 1. The van der Waals surface area contributed by atoms with Crippen molar-refractivity contribution in [2.75, 3.05) is 16.2 Å². The minimum atomic E-state index is -3.97. The Hall–Kier alpha value is -2.61. The molecule has 0 fully saturated rings. The van der Waals surface area contributed by atoms with Crippen molar-refractivity contribution in [3.8, 4) is 0 Å². The van der Waals surface area contributed by atoms with Gasteiger partial charge in [-0.15, -0.1) is 0 Å². The van der Waals surface area contributed by atoms with Crippen LogP contribution in [0, 0.1) is 5.82 Å². The van der Waals surface area contributed by atoms with E-state index in [1.165, 1.54) is 34.6 Å². The van der Waals surface area contributed by atoms with Crippen molar-refractivity contribution in [2.45, 2.75) is 11.3 Å². The molecule has 0 aliphatic carbocycles. The van der Waals surface area contributed by atoms with Crippen molar-refractivity contribution in [1.82, 2.24) is 0 Å². The number of hydrogen-bond donors (Lipinski definition) is 1. The zero-order valence-corrected chi connectivity index (χ0v) is 17.7. The van der Waals surface area contributed by atoms with Gasteiger partial charge >= 0.3 is 0 Å². The van der Waals surface area contributed by atoms with Crippen LogP contribution in [0.15, 0.2) is 65.6 Å². The lowest BCUT2D eigenvalue weighted by Gasteiger charge is -2.20. The molecule has 0 saturated carbocycles. The molecular weight excluding hydrogens is 450 g/mol. The van der Waals surface area contributed by atoms with E-state index in [4.69, 9.17) is 23.2 Å². The molecule has 30 heavy (non-hydrogen) atoms. The largest absolute Gasteiger partial charge is 0.322 e. The van der Waals surface area contributed by atoms with Crippen molar-refractivity contribution in [1.29, 1.82) is 0 Å². The van der Waals surface area contributed by atoms with E-state index in [1.54, 1.807) is 12.1 Å². The summed E-state index contributed by atoms with van der Waals surface area (Å²) in [7, 11) is -3.97. The zero-order valence-electron chi connectivity index (χ0n) is 15.4. The molecule has 154 valence electrons. The number of carbonyl (C=O) groups excluding carboxylic acids is 1. The van der Waals surface area contributed by atoms with Crippen LogP contribution in [0.3, 0.4) is 0 Å². The number of anilines is 2. The fraction of sp³-hybridized carbons (Fsp3) is 0.0952. The van der Waals surface area contributed by atoms with Crippen LogP contribution < -0.4 is 9.62 Å². The van der Waals surface area contributed by atoms with Gasteiger partial charge in [0, 0.05) is 17.8 Å². The van der Waals surface area contributed by atoms with Gasteiger partial charge in [0.05, 0.1) is 15.7 Å². The summed E-state index contributed by atoms with van der Waals surface area (Å²) in [4.78, 5) is 12.5. The summed E-state index contributed by atoms with van der Waals surface area (Å²) in [5.74, 6) is -1.19. The molecule has 1 amide bonds. The van der Waals surface area contributed by atoms with Gasteiger partial charge in [-0.1, -0.05) is 41.4 Å². The Morgan fingerprint density at radius 1 is 1.00 bits per heavy atom. The van der Waals surface area contributed by atoms with Crippen LogP contribution in [-0.4, -0.2) is 20.9 Å². The highest BCUT2D eigenvalue weighted by Crippen LogP contribution is 2.35. The molecule has 0 radical (unpaired) electrons. The van der Waals surface area contributed by atoms with Crippen molar-refractivity contribution >= 4 is 50.5 Å². The van der Waals surface area contributed by atoms with E-state index in [0.29, 0.717) is 18.7 Å². The van der Waals surface area contributed by atoms with Crippen LogP contribution in [0.2, 0.25) is 10.0 Å². The lowest BCUT2D eigenvalue weighted by Crippen LogP contribution is -2.29. The molecule has 0 aromatic heterocycles. The number of halogens is 3. The van der Waals surface area contributed by atoms with Gasteiger partial charge in [0.2, 0.25) is 0 Å². The predicted molar refractivity (Wildman–Crippen MR) is 115 cm³/mol. The Morgan fingerprint density at radius 3 is 2.53 bits per heavy atom. The third kappa shape index (κ3) is 3.76. The number of benzene rings is 3. The van der Waals surface area contributed by atoms with Gasteiger partial charge in [-0.2, -0.15) is 0 Å². The number of carbonyl (C=O) groups is 1. The second-order valence-electron chi connectivity index (χ2n) is 6.68. The normalized spacial score (nSPS) is 13.2. The van der Waals surface area contributed by atoms with E-state index >= 15 is 0 Å². The Morgan fingerprint density at radius 2 is 1.77 bits per heavy atom. The first kappa shape index (κ1) is 20.7. The monoisotopic (exact) mass is 464 g/mol. The van der Waals surface area contributed by atoms with Gasteiger partial charge in [-0.3, -0.25) is 9.10 Å². The lowest BCUT2D eigenvalue weighted by molar-refractivity contribution is 0.102. The molecule has 0 unspecified atom stereocenters. The molecule has 0 spiro atoms. The summed E-state index contributed by atoms with van der Waals surface area (Å²) in [6.45, 7) is 0.294. The molecule has 3 aromatic carbocycles. The number of para-hydroxylation sites is 1. The summed E-state index contributed by atoms with van der Waals surface area (Å²) in [6, 6.07) is 15.0. The summed E-state index contributed by atoms with van der Waals surface area (Å²) < 4.78 is 41.2. The van der Waals surface area contributed by atoms with Crippen molar-refractivity contribution in [3.63, 3.8) is 0 Å². The van der Waals surface area contributed by atoms with Crippen LogP contribution in [0.1, 0.15) is 15.9 Å². The third-order valence-electron chi connectivity index (χ3n) is 4.78. The number of nitrogens with zero attached hydrogens (tertiary/aromatic N) is 1. The fourth-order valence-corrected chi connectivity index (χ4v) is 5.48. The van der Waals surface area contributed by atoms with Gasteiger partial charge < -0.3 is 5.32 Å². The van der Waals surface area contributed by atoms with E-state index in [-0.39, 0.29) is 26.2 Å². The van der Waals surface area contributed by atoms with Crippen molar-refractivity contribution in [2.24, 2.45) is 0 Å². The average Bonchev–Trinajstić information content (AvgIpc) is 3.16. The molecule has 5 nitrogen and oxygen atoms in total. The Labute approximate surface area is 183 Å². The second-order valence-corrected chi connectivity index (χ2v) is 9.33. The molecule has 1 heterocycles. The van der Waals surface area contributed by atoms with E-state index in [1.807, 2.05) is 12.1 Å². The molecule has 1 N–H and O–H groups in total. The Kier molecular flexibility index (Phi) is 5.44. The first-order valence-corrected chi connectivity index (χ1v) is 11.1. The molecule has 0 bridgehead atoms. The first-order valence-electron chi connectivity index (χ1n) is 8.94. The lowest BCUT2D eigenvalue weighted by atomic mass is 10.2. The highest BCUT2D eigenvalue weighted by molar-refractivity contribution is 7.93. The molecule has 3 aromatic rings. The van der Waals surface area contributed by atoms with Gasteiger partial charge in [-0.25, -0.2) is 12.8 Å². The maximum atomic E-state index is 13.3.